The molecule has 4 aliphatic rings. The fourth-order valence-electron chi connectivity index (χ4n) is 5.75. The zero-order valence-electron chi connectivity index (χ0n) is 19.4. The second kappa shape index (κ2) is 8.83. The number of fused-ring (bicyclic) bond motifs is 3. The molecule has 178 valence electrons. The van der Waals surface area contributed by atoms with Crippen molar-refractivity contribution >= 4 is 23.3 Å². The Morgan fingerprint density at radius 1 is 1.09 bits per heavy atom. The van der Waals surface area contributed by atoms with Crippen molar-refractivity contribution in [3.63, 3.8) is 0 Å². The Hall–Kier alpha value is -2.84. The average molecular weight is 457 g/mol. The molecule has 2 amide bonds. The molecule has 0 aromatic heterocycles. The van der Waals surface area contributed by atoms with Gasteiger partial charge in [0, 0.05) is 37.8 Å². The number of hydrazone groups is 1. The minimum Gasteiger partial charge on any atom is -0.368 e. The number of piperazine rings is 2. The van der Waals surface area contributed by atoms with Gasteiger partial charge in [0.1, 0.15) is 18.2 Å². The Morgan fingerprint density at radius 3 is 2.42 bits per heavy atom. The van der Waals surface area contributed by atoms with E-state index in [1.165, 1.54) is 12.1 Å². The average Bonchev–Trinajstić information content (AvgIpc) is 3.28. The Balaban J connectivity index is 1.25. The number of hydrogen-bond donors (Lipinski definition) is 1. The van der Waals surface area contributed by atoms with E-state index < -0.39 is 6.17 Å². The number of carbonyl (C=O) groups excluding carboxylic acids is 2. The van der Waals surface area contributed by atoms with Gasteiger partial charge in [0.05, 0.1) is 12.1 Å². The normalized spacial score (nSPS) is 27.3. The van der Waals surface area contributed by atoms with Gasteiger partial charge in [-0.15, -0.1) is 0 Å². The van der Waals surface area contributed by atoms with Crippen LogP contribution < -0.4 is 10.3 Å². The van der Waals surface area contributed by atoms with E-state index in [0.717, 1.165) is 37.2 Å². The molecule has 3 atom stereocenters. The van der Waals surface area contributed by atoms with Gasteiger partial charge >= 0.3 is 0 Å². The summed E-state index contributed by atoms with van der Waals surface area (Å²) in [6.07, 6.45) is 3.66. The van der Waals surface area contributed by atoms with Gasteiger partial charge in [0.2, 0.25) is 5.91 Å². The largest absolute Gasteiger partial charge is 0.368 e. The third-order valence-corrected chi connectivity index (χ3v) is 7.46. The number of hydrogen-bond acceptors (Lipinski definition) is 6. The van der Waals surface area contributed by atoms with E-state index in [4.69, 9.17) is 0 Å². The van der Waals surface area contributed by atoms with Gasteiger partial charge in [0.25, 0.3) is 5.91 Å². The van der Waals surface area contributed by atoms with Crippen LogP contribution in [0.3, 0.4) is 0 Å². The molecular formula is C24H33FN6O2. The molecule has 3 fully saturated rings. The monoisotopic (exact) mass is 456 g/mol. The lowest BCUT2D eigenvalue weighted by molar-refractivity contribution is -0.154. The van der Waals surface area contributed by atoms with Crippen LogP contribution in [0.5, 0.6) is 0 Å². The summed E-state index contributed by atoms with van der Waals surface area (Å²) >= 11 is 0. The maximum absolute atomic E-state index is 13.5. The smallest absolute Gasteiger partial charge is 0.268 e. The molecule has 3 unspecified atom stereocenters. The van der Waals surface area contributed by atoms with Crippen LogP contribution in [0.15, 0.2) is 29.4 Å². The lowest BCUT2D eigenvalue weighted by Crippen LogP contribution is -2.70. The minimum absolute atomic E-state index is 0.00266. The summed E-state index contributed by atoms with van der Waals surface area (Å²) in [5.74, 6) is 0.899. The van der Waals surface area contributed by atoms with Crippen LogP contribution >= 0.6 is 0 Å². The first kappa shape index (κ1) is 22.0. The number of amides is 2. The van der Waals surface area contributed by atoms with Crippen LogP contribution in [0.2, 0.25) is 0 Å². The summed E-state index contributed by atoms with van der Waals surface area (Å²) in [5.41, 5.74) is 4.01. The zero-order chi connectivity index (χ0) is 23.1. The van der Waals surface area contributed by atoms with E-state index in [0.29, 0.717) is 26.2 Å². The number of amidine groups is 1. The highest BCUT2D eigenvalue weighted by atomic mass is 19.1. The topological polar surface area (TPSA) is 71.5 Å². The molecule has 1 saturated carbocycles. The molecule has 8 nitrogen and oxygen atoms in total. The van der Waals surface area contributed by atoms with Gasteiger partial charge in [-0.1, -0.05) is 26.7 Å². The maximum atomic E-state index is 13.5. The summed E-state index contributed by atoms with van der Waals surface area (Å²) in [6, 6.07) is 6.73. The van der Waals surface area contributed by atoms with Crippen LogP contribution in [0, 0.1) is 11.7 Å². The van der Waals surface area contributed by atoms with Gasteiger partial charge in [-0.05, 0) is 37.1 Å². The molecule has 9 heteroatoms. The van der Waals surface area contributed by atoms with E-state index in [1.54, 1.807) is 12.1 Å². The predicted octanol–water partition coefficient (Wildman–Crippen LogP) is 1.83. The number of nitrogens with one attached hydrogen (secondary N) is 1. The Kier molecular flexibility index (Phi) is 5.88. The second-order valence-corrected chi connectivity index (χ2v) is 9.79. The highest BCUT2D eigenvalue weighted by Gasteiger charge is 2.51. The number of benzene rings is 1. The maximum Gasteiger partial charge on any atom is 0.268 e. The van der Waals surface area contributed by atoms with Crippen molar-refractivity contribution in [1.29, 1.82) is 0 Å². The molecule has 1 aromatic rings. The van der Waals surface area contributed by atoms with Gasteiger partial charge in [-0.3, -0.25) is 15.0 Å². The summed E-state index contributed by atoms with van der Waals surface area (Å²) in [4.78, 5) is 34.7. The summed E-state index contributed by atoms with van der Waals surface area (Å²) in [5, 5.41) is 4.49. The SMILES string of the molecule is CC(C)C1=NNC2C(=O)N(CC(=O)N3CCN(c4ccc(F)cc4)CC3)C3CCCCC3N12. The standard InChI is InChI=1S/C24H33FN6O2/c1-16(2)22-26-27-23-24(33)30(19-5-3-4-6-20(19)31(22)23)15-21(32)29-13-11-28(12-14-29)18-9-7-17(25)8-10-18/h7-10,16,19-20,23,27H,3-6,11-15H2,1-2H3. The number of halogens is 1. The van der Waals surface area contributed by atoms with Crippen LogP contribution in [0.4, 0.5) is 10.1 Å². The van der Waals surface area contributed by atoms with Crippen molar-refractivity contribution in [2.75, 3.05) is 37.6 Å². The number of carbonyl (C=O) groups is 2. The second-order valence-electron chi connectivity index (χ2n) is 9.79. The molecule has 0 radical (unpaired) electrons. The van der Waals surface area contributed by atoms with Gasteiger partial charge in [-0.2, -0.15) is 5.10 Å². The van der Waals surface area contributed by atoms with E-state index >= 15 is 0 Å². The van der Waals surface area contributed by atoms with Crippen molar-refractivity contribution in [3.8, 4) is 0 Å². The molecule has 2 saturated heterocycles. The lowest BCUT2D eigenvalue weighted by Gasteiger charge is -2.51. The molecule has 3 heterocycles. The first-order valence-electron chi connectivity index (χ1n) is 12.1. The molecule has 1 aromatic carbocycles. The van der Waals surface area contributed by atoms with Gasteiger partial charge in [-0.25, -0.2) is 4.39 Å². The van der Waals surface area contributed by atoms with Crippen LogP contribution in [0.25, 0.3) is 0 Å². The molecule has 1 N–H and O–H groups in total. The molecule has 5 rings (SSSR count). The number of nitrogens with zero attached hydrogens (tertiary/aromatic N) is 5. The first-order valence-corrected chi connectivity index (χ1v) is 12.1. The third-order valence-electron chi connectivity index (χ3n) is 7.46. The molecule has 0 bridgehead atoms. The highest BCUT2D eigenvalue weighted by Crippen LogP contribution is 2.35. The summed E-state index contributed by atoms with van der Waals surface area (Å²) in [7, 11) is 0. The van der Waals surface area contributed by atoms with Crippen molar-refractivity contribution in [2.45, 2.75) is 57.8 Å². The van der Waals surface area contributed by atoms with Crippen LogP contribution in [0.1, 0.15) is 39.5 Å². The lowest BCUT2D eigenvalue weighted by atomic mass is 9.84. The third kappa shape index (κ3) is 4.02. The molecule has 3 aliphatic heterocycles. The van der Waals surface area contributed by atoms with E-state index in [9.17, 15) is 14.0 Å². The molecule has 1 aliphatic carbocycles. The van der Waals surface area contributed by atoms with Crippen LogP contribution in [-0.4, -0.2) is 83.3 Å². The summed E-state index contributed by atoms with van der Waals surface area (Å²) in [6.45, 7) is 6.92. The van der Waals surface area contributed by atoms with Crippen molar-refractivity contribution in [1.82, 2.24) is 20.1 Å². The highest BCUT2D eigenvalue weighted by molar-refractivity contribution is 5.96. The number of anilines is 1. The van der Waals surface area contributed by atoms with Gasteiger partial charge in [0.15, 0.2) is 6.17 Å². The fourth-order valence-corrected chi connectivity index (χ4v) is 5.75. The van der Waals surface area contributed by atoms with E-state index in [-0.39, 0.29) is 42.2 Å². The Bertz CT molecular complexity index is 927. The summed E-state index contributed by atoms with van der Waals surface area (Å²) < 4.78 is 13.2. The Labute approximate surface area is 194 Å². The van der Waals surface area contributed by atoms with Gasteiger partial charge < -0.3 is 19.6 Å². The number of rotatable bonds is 4. The first-order chi connectivity index (χ1) is 15.9. The molecule has 33 heavy (non-hydrogen) atoms. The van der Waals surface area contributed by atoms with E-state index in [1.807, 2.05) is 9.80 Å². The molecular weight excluding hydrogens is 423 g/mol. The van der Waals surface area contributed by atoms with Crippen LogP contribution in [-0.2, 0) is 9.59 Å². The quantitative estimate of drug-likeness (QED) is 0.749. The Morgan fingerprint density at radius 2 is 1.76 bits per heavy atom. The minimum atomic E-state index is -0.495. The fraction of sp³-hybridized carbons (Fsp3) is 0.625. The van der Waals surface area contributed by atoms with Crippen molar-refractivity contribution < 1.29 is 14.0 Å². The van der Waals surface area contributed by atoms with Crippen molar-refractivity contribution in [2.24, 2.45) is 11.0 Å². The predicted molar refractivity (Wildman–Crippen MR) is 124 cm³/mol. The zero-order valence-corrected chi connectivity index (χ0v) is 19.4. The van der Waals surface area contributed by atoms with E-state index in [2.05, 4.69) is 34.2 Å². The molecule has 0 spiro atoms. The van der Waals surface area contributed by atoms with Crippen molar-refractivity contribution in [3.05, 3.63) is 30.1 Å².